The molecule has 0 spiro atoms. The zero-order valence-electron chi connectivity index (χ0n) is 12.9. The maximum absolute atomic E-state index is 11.1. The molecule has 0 aliphatic carbocycles. The van der Waals surface area contributed by atoms with Gasteiger partial charge in [-0.15, -0.1) is 0 Å². The Bertz CT molecular complexity index is 621. The number of fused-ring (bicyclic) bond motifs is 1. The average Bonchev–Trinajstić information content (AvgIpc) is 2.45. The second-order valence-electron chi connectivity index (χ2n) is 5.13. The number of nitrogens with zero attached hydrogens (tertiary/aromatic N) is 2. The van der Waals surface area contributed by atoms with Crippen molar-refractivity contribution in [3.05, 3.63) is 40.6 Å². The van der Waals surface area contributed by atoms with Crippen LogP contribution >= 0.6 is 0 Å². The Morgan fingerprint density at radius 1 is 1.33 bits per heavy atom. The predicted molar refractivity (Wildman–Crippen MR) is 86.5 cm³/mol. The van der Waals surface area contributed by atoms with Crippen LogP contribution in [-0.2, 0) is 0 Å². The minimum atomic E-state index is -0.460. The normalized spacial score (nSPS) is 10.7. The van der Waals surface area contributed by atoms with Crippen molar-refractivity contribution in [2.24, 2.45) is 5.73 Å². The summed E-state index contributed by atoms with van der Waals surface area (Å²) in [6.07, 6.45) is 1.27. The van der Waals surface area contributed by atoms with Gasteiger partial charge in [-0.3, -0.25) is 10.1 Å². The van der Waals surface area contributed by atoms with Crippen LogP contribution in [-0.4, -0.2) is 22.0 Å². The third-order valence-electron chi connectivity index (χ3n) is 2.67. The number of nitro groups is 1. The van der Waals surface area contributed by atoms with Crippen molar-refractivity contribution in [1.82, 2.24) is 4.98 Å². The van der Waals surface area contributed by atoms with Gasteiger partial charge in [-0.05, 0) is 19.9 Å². The lowest BCUT2D eigenvalue weighted by atomic mass is 10.1. The van der Waals surface area contributed by atoms with Crippen LogP contribution < -0.4 is 11.1 Å². The first-order valence-electron chi connectivity index (χ1n) is 6.93. The molecule has 0 atom stereocenters. The number of hydrogen-bond donors (Lipinski definition) is 2. The first-order chi connectivity index (χ1) is 9.88. The smallest absolute Gasteiger partial charge is 0.311 e. The number of nitrogens with one attached hydrogen (secondary N) is 1. The van der Waals surface area contributed by atoms with E-state index in [0.717, 1.165) is 5.39 Å². The van der Waals surface area contributed by atoms with E-state index in [1.165, 1.54) is 6.20 Å². The number of hydrogen-bond acceptors (Lipinski definition) is 5. The van der Waals surface area contributed by atoms with Crippen LogP contribution in [0.1, 0.15) is 27.7 Å². The predicted octanol–water partition coefficient (Wildman–Crippen LogP) is 3.32. The lowest BCUT2D eigenvalue weighted by Crippen LogP contribution is -2.39. The molecule has 0 fully saturated rings. The Hall–Kier alpha value is -2.21. The molecular formula is C15H22N4O2. The summed E-state index contributed by atoms with van der Waals surface area (Å²) in [5, 5.41) is 14.9. The Kier molecular flexibility index (Phi) is 5.60. The second kappa shape index (κ2) is 6.99. The molecule has 0 amide bonds. The Labute approximate surface area is 124 Å². The van der Waals surface area contributed by atoms with E-state index in [9.17, 15) is 10.1 Å². The molecule has 0 saturated heterocycles. The number of nitrogens with two attached hydrogens (primary N) is 1. The van der Waals surface area contributed by atoms with Gasteiger partial charge in [-0.2, -0.15) is 0 Å². The van der Waals surface area contributed by atoms with Crippen molar-refractivity contribution in [1.29, 1.82) is 0 Å². The maximum atomic E-state index is 11.1. The highest BCUT2D eigenvalue weighted by atomic mass is 16.6. The molecule has 6 nitrogen and oxygen atoms in total. The first kappa shape index (κ1) is 16.8. The maximum Gasteiger partial charge on any atom is 0.311 e. The van der Waals surface area contributed by atoms with Gasteiger partial charge in [0.25, 0.3) is 0 Å². The SMILES string of the molecule is CC.CC(C)(N)CNc1c([N+](=O)[O-])cnc2ccccc12. The molecule has 114 valence electrons. The quantitative estimate of drug-likeness (QED) is 0.665. The fraction of sp³-hybridized carbons (Fsp3) is 0.400. The molecule has 0 unspecified atom stereocenters. The van der Waals surface area contributed by atoms with Gasteiger partial charge < -0.3 is 11.1 Å². The lowest BCUT2D eigenvalue weighted by molar-refractivity contribution is -0.384. The summed E-state index contributed by atoms with van der Waals surface area (Å²) < 4.78 is 0. The van der Waals surface area contributed by atoms with Crippen LogP contribution in [0.2, 0.25) is 0 Å². The topological polar surface area (TPSA) is 94.1 Å². The molecule has 1 aromatic carbocycles. The van der Waals surface area contributed by atoms with Gasteiger partial charge >= 0.3 is 5.69 Å². The Balaban J connectivity index is 0.00000106. The number of anilines is 1. The van der Waals surface area contributed by atoms with Crippen LogP contribution in [0.4, 0.5) is 11.4 Å². The number of para-hydroxylation sites is 1. The highest BCUT2D eigenvalue weighted by Gasteiger charge is 2.19. The van der Waals surface area contributed by atoms with Crippen molar-refractivity contribution in [2.75, 3.05) is 11.9 Å². The molecule has 1 heterocycles. The summed E-state index contributed by atoms with van der Waals surface area (Å²) in [6, 6.07) is 7.29. The average molecular weight is 290 g/mol. The van der Waals surface area contributed by atoms with Crippen LogP contribution in [0.15, 0.2) is 30.5 Å². The van der Waals surface area contributed by atoms with E-state index in [1.54, 1.807) is 6.07 Å². The molecular weight excluding hydrogens is 268 g/mol. The monoisotopic (exact) mass is 290 g/mol. The van der Waals surface area contributed by atoms with Gasteiger partial charge in [-0.25, -0.2) is 4.98 Å². The van der Waals surface area contributed by atoms with E-state index in [-0.39, 0.29) is 5.69 Å². The zero-order chi connectivity index (χ0) is 16.0. The van der Waals surface area contributed by atoms with Gasteiger partial charge in [0.05, 0.1) is 10.4 Å². The zero-order valence-corrected chi connectivity index (χ0v) is 12.9. The molecule has 2 aromatic rings. The van der Waals surface area contributed by atoms with Gasteiger partial charge in [-0.1, -0.05) is 32.0 Å². The second-order valence-corrected chi connectivity index (χ2v) is 5.13. The van der Waals surface area contributed by atoms with Gasteiger partial charge in [0.2, 0.25) is 0 Å². The molecule has 6 heteroatoms. The van der Waals surface area contributed by atoms with Crippen molar-refractivity contribution in [3.8, 4) is 0 Å². The van der Waals surface area contributed by atoms with E-state index in [0.29, 0.717) is 17.7 Å². The summed E-state index contributed by atoms with van der Waals surface area (Å²) in [6.45, 7) is 8.15. The molecule has 3 N–H and O–H groups in total. The molecule has 0 aliphatic heterocycles. The van der Waals surface area contributed by atoms with Crippen LogP contribution in [0, 0.1) is 10.1 Å². The standard InChI is InChI=1S/C13H16N4O2.C2H6/c1-13(2,14)8-16-12-9-5-3-4-6-10(9)15-7-11(12)17(18)19;1-2/h3-7H,8,14H2,1-2H3,(H,15,16);1-2H3. The van der Waals surface area contributed by atoms with Crippen molar-refractivity contribution in [3.63, 3.8) is 0 Å². The van der Waals surface area contributed by atoms with Crippen LogP contribution in [0.5, 0.6) is 0 Å². The third kappa shape index (κ3) is 4.39. The van der Waals surface area contributed by atoms with Crippen LogP contribution in [0.3, 0.4) is 0 Å². The van der Waals surface area contributed by atoms with E-state index >= 15 is 0 Å². The highest BCUT2D eigenvalue weighted by Crippen LogP contribution is 2.31. The summed E-state index contributed by atoms with van der Waals surface area (Å²) in [7, 11) is 0. The minimum Gasteiger partial charge on any atom is -0.377 e. The van der Waals surface area contributed by atoms with E-state index in [4.69, 9.17) is 5.73 Å². The van der Waals surface area contributed by atoms with E-state index in [1.807, 2.05) is 45.9 Å². The summed E-state index contributed by atoms with van der Waals surface area (Å²) in [5.74, 6) is 0. The molecule has 0 aliphatic rings. The van der Waals surface area contributed by atoms with Crippen molar-refractivity contribution >= 4 is 22.3 Å². The fourth-order valence-corrected chi connectivity index (χ4v) is 1.77. The number of benzene rings is 1. The number of aromatic nitrogens is 1. The van der Waals surface area contributed by atoms with E-state index in [2.05, 4.69) is 10.3 Å². The summed E-state index contributed by atoms with van der Waals surface area (Å²) in [5.41, 5.74) is 6.59. The van der Waals surface area contributed by atoms with Gasteiger partial charge in [0, 0.05) is 17.5 Å². The molecule has 2 rings (SSSR count). The van der Waals surface area contributed by atoms with Crippen LogP contribution in [0.25, 0.3) is 10.9 Å². The van der Waals surface area contributed by atoms with E-state index < -0.39 is 10.5 Å². The molecule has 0 saturated carbocycles. The molecule has 0 bridgehead atoms. The Morgan fingerprint density at radius 2 is 1.95 bits per heavy atom. The minimum absolute atomic E-state index is 0.0389. The van der Waals surface area contributed by atoms with Gasteiger partial charge in [0.15, 0.2) is 0 Å². The summed E-state index contributed by atoms with van der Waals surface area (Å²) in [4.78, 5) is 14.7. The lowest BCUT2D eigenvalue weighted by Gasteiger charge is -2.20. The van der Waals surface area contributed by atoms with Crippen molar-refractivity contribution in [2.45, 2.75) is 33.2 Å². The Morgan fingerprint density at radius 3 is 2.52 bits per heavy atom. The molecule has 1 aromatic heterocycles. The first-order valence-corrected chi connectivity index (χ1v) is 6.93. The molecule has 21 heavy (non-hydrogen) atoms. The highest BCUT2D eigenvalue weighted by molar-refractivity contribution is 5.95. The summed E-state index contributed by atoms with van der Waals surface area (Å²) >= 11 is 0. The fourth-order valence-electron chi connectivity index (χ4n) is 1.77. The third-order valence-corrected chi connectivity index (χ3v) is 2.67. The number of rotatable bonds is 4. The van der Waals surface area contributed by atoms with Crippen molar-refractivity contribution < 1.29 is 4.92 Å². The van der Waals surface area contributed by atoms with Gasteiger partial charge in [0.1, 0.15) is 11.9 Å². The largest absolute Gasteiger partial charge is 0.377 e. The molecule has 0 radical (unpaired) electrons. The number of pyridine rings is 1.